The fourth-order valence-corrected chi connectivity index (χ4v) is 12.9. The second kappa shape index (κ2) is 34.1. The number of likely N-dealkylation sites (N-methyl/N-ethyl adjacent to an activating group) is 4. The van der Waals surface area contributed by atoms with Crippen molar-refractivity contribution < 1.29 is 47.9 Å². The Morgan fingerprint density at radius 2 is 1.24 bits per heavy atom. The van der Waals surface area contributed by atoms with Gasteiger partial charge < -0.3 is 56.4 Å². The predicted octanol–water partition coefficient (Wildman–Crippen LogP) is 5.68. The molecule has 3 aliphatic heterocycles. The third-order valence-electron chi connectivity index (χ3n) is 18.0. The number of fused-ring (bicyclic) bond motifs is 1. The van der Waals surface area contributed by atoms with Gasteiger partial charge in [-0.25, -0.2) is 0 Å². The molecule has 500 valence electrons. The Bertz CT molecular complexity index is 2940. The average molecular weight is 1260 g/mol. The quantitative estimate of drug-likeness (QED) is 0.173. The highest BCUT2D eigenvalue weighted by Gasteiger charge is 2.48. The maximum atomic E-state index is 15.4. The van der Waals surface area contributed by atoms with Gasteiger partial charge in [-0.2, -0.15) is 0 Å². The van der Waals surface area contributed by atoms with E-state index in [2.05, 4.69) is 27.8 Å². The lowest BCUT2D eigenvalue weighted by Gasteiger charge is -2.39. The number of amides is 10. The SMILES string of the molecule is C=C1CC(=O)N[C@@](N)(CC(C)C)C(=O)N2CCC[C@H]2C(=O)N(C)[C@@H](C(C)C)C(=O)N[C@@H](Cc2ccccc2)C(=O)N(C)[C@@H](Cc2ccccc2)C(=O)N(C)[C@@H](CC(C)C)C(=O)N[C@@H](C)C(=O)N(C)[C@@H]([C@@H](C)CC)C(=O)NC(C(=O)N2CCCCC2)CC=C/C1=C\C. The summed E-state index contributed by atoms with van der Waals surface area (Å²) in [6, 6.07) is 8.85. The van der Waals surface area contributed by atoms with Crippen LogP contribution in [0.2, 0.25) is 0 Å². The monoisotopic (exact) mass is 1260 g/mol. The Morgan fingerprint density at radius 3 is 1.80 bits per heavy atom. The van der Waals surface area contributed by atoms with E-state index in [0.717, 1.165) is 19.3 Å². The first kappa shape index (κ1) is 74.1. The van der Waals surface area contributed by atoms with Crippen LogP contribution in [0.4, 0.5) is 0 Å². The lowest BCUT2D eigenvalue weighted by atomic mass is 9.94. The van der Waals surface area contributed by atoms with Gasteiger partial charge in [-0.05, 0) is 111 Å². The van der Waals surface area contributed by atoms with Crippen LogP contribution in [0, 0.1) is 23.7 Å². The van der Waals surface area contributed by atoms with Crippen LogP contribution in [0.15, 0.2) is 96.6 Å². The number of nitrogens with two attached hydrogens (primary N) is 1. The molecule has 2 aromatic rings. The van der Waals surface area contributed by atoms with Gasteiger partial charge in [-0.1, -0.05) is 147 Å². The van der Waals surface area contributed by atoms with E-state index in [1.165, 1.54) is 59.6 Å². The normalized spacial score (nSPS) is 26.9. The molecule has 2 fully saturated rings. The lowest BCUT2D eigenvalue weighted by Crippen LogP contribution is -2.68. The fourth-order valence-electron chi connectivity index (χ4n) is 12.9. The number of nitrogens with one attached hydrogen (secondary N) is 4. The van der Waals surface area contributed by atoms with Crippen molar-refractivity contribution in [3.63, 3.8) is 0 Å². The largest absolute Gasteiger partial charge is 0.343 e. The summed E-state index contributed by atoms with van der Waals surface area (Å²) in [7, 11) is 5.95. The maximum absolute atomic E-state index is 15.4. The van der Waals surface area contributed by atoms with Crippen LogP contribution in [0.1, 0.15) is 145 Å². The Balaban J connectivity index is 1.65. The molecule has 2 aromatic carbocycles. The molecule has 5 rings (SSSR count). The first-order valence-corrected chi connectivity index (χ1v) is 32.7. The molecular formula is C70H105N11O10. The van der Waals surface area contributed by atoms with E-state index < -0.39 is 119 Å². The summed E-state index contributed by atoms with van der Waals surface area (Å²) in [4.78, 5) is 157. The second-order valence-corrected chi connectivity index (χ2v) is 26.5. The van der Waals surface area contributed by atoms with E-state index in [9.17, 15) is 33.6 Å². The maximum Gasteiger partial charge on any atom is 0.263 e. The molecule has 0 radical (unpaired) electrons. The Kier molecular flexibility index (Phi) is 27.8. The molecule has 0 spiro atoms. The molecule has 10 amide bonds. The molecule has 6 N–H and O–H groups in total. The van der Waals surface area contributed by atoms with Crippen molar-refractivity contribution in [2.75, 3.05) is 47.8 Å². The Labute approximate surface area is 540 Å². The van der Waals surface area contributed by atoms with Crippen LogP contribution < -0.4 is 27.0 Å². The van der Waals surface area contributed by atoms with Gasteiger partial charge in [-0.15, -0.1) is 0 Å². The zero-order valence-electron chi connectivity index (χ0n) is 56.6. The summed E-state index contributed by atoms with van der Waals surface area (Å²) >= 11 is 0. The van der Waals surface area contributed by atoms with Crippen molar-refractivity contribution in [1.29, 1.82) is 0 Å². The fraction of sp³-hybridized carbons (Fsp3) is 0.600. The van der Waals surface area contributed by atoms with E-state index >= 15 is 14.4 Å². The number of nitrogens with zero attached hydrogens (tertiary/aromatic N) is 6. The topological polar surface area (TPSA) is 264 Å². The number of carbonyl (C=O) groups excluding carboxylic acids is 10. The number of likely N-dealkylation sites (tertiary alicyclic amines) is 1. The zero-order chi connectivity index (χ0) is 67.6. The van der Waals surface area contributed by atoms with Gasteiger partial charge in [0.2, 0.25) is 53.2 Å². The van der Waals surface area contributed by atoms with Crippen LogP contribution in [-0.2, 0) is 60.8 Å². The zero-order valence-corrected chi connectivity index (χ0v) is 56.6. The summed E-state index contributed by atoms with van der Waals surface area (Å²) in [6.07, 6.45) is 8.79. The van der Waals surface area contributed by atoms with Crippen molar-refractivity contribution >= 4 is 59.1 Å². The van der Waals surface area contributed by atoms with E-state index in [4.69, 9.17) is 5.73 Å². The van der Waals surface area contributed by atoms with E-state index in [-0.39, 0.29) is 69.2 Å². The highest BCUT2D eigenvalue weighted by atomic mass is 16.2. The van der Waals surface area contributed by atoms with Crippen molar-refractivity contribution in [2.24, 2.45) is 29.4 Å². The van der Waals surface area contributed by atoms with Gasteiger partial charge in [0.25, 0.3) is 5.91 Å². The van der Waals surface area contributed by atoms with Gasteiger partial charge in [0.15, 0.2) is 5.66 Å². The van der Waals surface area contributed by atoms with Crippen molar-refractivity contribution in [3.8, 4) is 0 Å². The highest BCUT2D eigenvalue weighted by Crippen LogP contribution is 2.28. The van der Waals surface area contributed by atoms with Crippen molar-refractivity contribution in [3.05, 3.63) is 108 Å². The number of benzene rings is 2. The number of piperidine rings is 1. The summed E-state index contributed by atoms with van der Waals surface area (Å²) < 4.78 is 0. The first-order valence-electron chi connectivity index (χ1n) is 32.7. The summed E-state index contributed by atoms with van der Waals surface area (Å²) in [6.45, 7) is 23.4. The Hall–Kier alpha value is -7.68. The molecule has 0 bridgehead atoms. The minimum Gasteiger partial charge on any atom is -0.343 e. The Morgan fingerprint density at radius 1 is 0.670 bits per heavy atom. The third kappa shape index (κ3) is 19.7. The molecule has 3 aliphatic rings. The second-order valence-electron chi connectivity index (χ2n) is 26.5. The van der Waals surface area contributed by atoms with Gasteiger partial charge >= 0.3 is 0 Å². The molecule has 21 nitrogen and oxygen atoms in total. The number of hydrogen-bond acceptors (Lipinski definition) is 11. The van der Waals surface area contributed by atoms with Crippen LogP contribution >= 0.6 is 0 Å². The summed E-state index contributed by atoms with van der Waals surface area (Å²) in [5, 5.41) is 11.7. The molecule has 0 aromatic heterocycles. The van der Waals surface area contributed by atoms with Crippen LogP contribution in [-0.4, -0.2) is 190 Å². The number of allylic oxidation sites excluding steroid dienone is 3. The number of rotatable bonds is 12. The number of hydrogen-bond donors (Lipinski definition) is 5. The minimum absolute atomic E-state index is 0.00726. The van der Waals surface area contributed by atoms with Crippen molar-refractivity contribution in [1.82, 2.24) is 50.7 Å². The number of carbonyl (C=O) groups is 10. The highest BCUT2D eigenvalue weighted by molar-refractivity contribution is 5.99. The molecule has 1 unspecified atom stereocenters. The standard InChI is InChI=1S/C70H105N11O10/c1-16-47(9)60-63(85)73-53(66(88)80-36-25-20-26-37-80)34-27-33-52(17-2)48(10)40-58(82)75-70(71,43-45(5)6)69(91)81-38-28-35-55(81)67(89)78(14)59(46(7)8)62(84)74-54(41-50-29-21-18-22-30-50)65(87)77(13)57(42-51-31-23-19-24-32-51)68(90)76(12)56(39-44(3)4)61(83)72-49(11)64(86)79(60)15/h17-19,21-24,27,29-33,44-47,49,53-57,59-60H,10,16,20,25-26,28,34-43,71H2,1-9,11-15H3,(H,72,83)(H,73,85)(H,74,84)(H,75,82)/b33-27?,52-17+/t47-,49-,53?,54-,55-,56-,57-,59-,60-,70-/m0/s1. The summed E-state index contributed by atoms with van der Waals surface area (Å²) in [5.74, 6) is -7.11. The molecule has 10 atom stereocenters. The predicted molar refractivity (Wildman–Crippen MR) is 353 cm³/mol. The van der Waals surface area contributed by atoms with Crippen LogP contribution in [0.3, 0.4) is 0 Å². The first-order chi connectivity index (χ1) is 43.0. The van der Waals surface area contributed by atoms with Crippen LogP contribution in [0.25, 0.3) is 0 Å². The molecule has 0 saturated carbocycles. The molecule has 21 heteroatoms. The molecule has 2 saturated heterocycles. The van der Waals surface area contributed by atoms with Gasteiger partial charge in [0.05, 0.1) is 6.42 Å². The van der Waals surface area contributed by atoms with E-state index in [0.29, 0.717) is 48.2 Å². The van der Waals surface area contributed by atoms with Crippen LogP contribution in [0.5, 0.6) is 0 Å². The molecule has 0 aliphatic carbocycles. The van der Waals surface area contributed by atoms with Crippen molar-refractivity contribution in [2.45, 2.75) is 200 Å². The van der Waals surface area contributed by atoms with Gasteiger partial charge in [0.1, 0.15) is 48.3 Å². The molecule has 91 heavy (non-hydrogen) atoms. The molecular weight excluding hydrogens is 1150 g/mol. The van der Waals surface area contributed by atoms with E-state index in [1.54, 1.807) is 56.0 Å². The smallest absolute Gasteiger partial charge is 0.263 e. The lowest BCUT2D eigenvalue weighted by molar-refractivity contribution is -0.152. The van der Waals surface area contributed by atoms with Gasteiger partial charge in [-0.3, -0.25) is 47.9 Å². The third-order valence-corrected chi connectivity index (χ3v) is 18.0. The summed E-state index contributed by atoms with van der Waals surface area (Å²) in [5.41, 5.74) is 7.35. The average Bonchev–Trinajstić information content (AvgIpc) is 1.82. The van der Waals surface area contributed by atoms with Gasteiger partial charge in [0, 0.05) is 60.7 Å². The minimum atomic E-state index is -1.97. The molecule has 3 heterocycles. The van der Waals surface area contributed by atoms with E-state index in [1.807, 2.05) is 90.1 Å².